The lowest BCUT2D eigenvalue weighted by Crippen LogP contribution is -2.31. The molecule has 1 aliphatic rings. The van der Waals surface area contributed by atoms with Crippen molar-refractivity contribution < 1.29 is 9.59 Å². The van der Waals surface area contributed by atoms with Crippen LogP contribution in [0.15, 0.2) is 47.5 Å². The van der Waals surface area contributed by atoms with Crippen LogP contribution in [0.5, 0.6) is 0 Å². The maximum Gasteiger partial charge on any atom is 0.331 e. The zero-order valence-corrected chi connectivity index (χ0v) is 17.7. The summed E-state index contributed by atoms with van der Waals surface area (Å²) in [7, 11) is 1.60. The van der Waals surface area contributed by atoms with E-state index in [2.05, 4.69) is 46.5 Å². The van der Waals surface area contributed by atoms with Crippen LogP contribution in [0, 0.1) is 0 Å². The highest BCUT2D eigenvalue weighted by molar-refractivity contribution is 9.10. The Hall–Kier alpha value is -3.47. The number of nitrogens with zero attached hydrogens (tertiary/aromatic N) is 5. The van der Waals surface area contributed by atoms with Gasteiger partial charge in [-0.15, -0.1) is 0 Å². The van der Waals surface area contributed by atoms with E-state index in [9.17, 15) is 9.59 Å². The molecule has 154 valence electrons. The molecule has 0 unspecified atom stereocenters. The first-order valence-corrected chi connectivity index (χ1v) is 9.99. The summed E-state index contributed by atoms with van der Waals surface area (Å²) >= 11 is 3.45. The zero-order chi connectivity index (χ0) is 21.1. The minimum Gasteiger partial charge on any atom is -0.369 e. The van der Waals surface area contributed by atoms with Crippen molar-refractivity contribution in [1.29, 1.82) is 0 Å². The summed E-state index contributed by atoms with van der Waals surface area (Å²) in [6.07, 6.45) is 5.85. The second-order valence-electron chi connectivity index (χ2n) is 6.69. The van der Waals surface area contributed by atoms with Gasteiger partial charge in [0, 0.05) is 43.8 Å². The number of amides is 3. The van der Waals surface area contributed by atoms with E-state index in [-0.39, 0.29) is 18.5 Å². The molecular weight excluding hydrogens is 452 g/mol. The van der Waals surface area contributed by atoms with Gasteiger partial charge in [0.1, 0.15) is 12.4 Å². The van der Waals surface area contributed by atoms with Gasteiger partial charge < -0.3 is 20.5 Å². The SMILES string of the molecule is CN1CC(=O)N(c2cccc(Nc3ncc(Br)c(NCCc4cnc[nH]4)n3)c2)C1=O. The lowest BCUT2D eigenvalue weighted by molar-refractivity contribution is -0.116. The lowest BCUT2D eigenvalue weighted by Gasteiger charge is -2.15. The Balaban J connectivity index is 1.46. The fourth-order valence-electron chi connectivity index (χ4n) is 3.01. The van der Waals surface area contributed by atoms with E-state index in [0.717, 1.165) is 21.5 Å². The van der Waals surface area contributed by atoms with E-state index in [1.54, 1.807) is 44.0 Å². The second-order valence-corrected chi connectivity index (χ2v) is 7.54. The number of rotatable bonds is 7. The average Bonchev–Trinajstić information content (AvgIpc) is 3.32. The highest BCUT2D eigenvalue weighted by Crippen LogP contribution is 2.26. The number of likely N-dealkylation sites (N-methyl/N-ethyl adjacent to an activating group) is 1. The lowest BCUT2D eigenvalue weighted by atomic mass is 10.2. The van der Waals surface area contributed by atoms with Crippen molar-refractivity contribution in [1.82, 2.24) is 24.8 Å². The van der Waals surface area contributed by atoms with Crippen LogP contribution in [0.1, 0.15) is 5.69 Å². The minimum atomic E-state index is -0.346. The van der Waals surface area contributed by atoms with Gasteiger partial charge in [0.05, 0.1) is 16.5 Å². The summed E-state index contributed by atoms with van der Waals surface area (Å²) in [5, 5.41) is 6.38. The summed E-state index contributed by atoms with van der Waals surface area (Å²) in [6.45, 7) is 0.735. The third-order valence-electron chi connectivity index (χ3n) is 4.49. The Morgan fingerprint density at radius 3 is 2.87 bits per heavy atom. The molecule has 1 fully saturated rings. The van der Waals surface area contributed by atoms with E-state index in [0.29, 0.717) is 29.7 Å². The molecular formula is C19H19BrN8O2. The van der Waals surface area contributed by atoms with Gasteiger partial charge in [-0.05, 0) is 34.1 Å². The molecule has 3 N–H and O–H groups in total. The average molecular weight is 471 g/mol. The molecule has 3 aromatic rings. The summed E-state index contributed by atoms with van der Waals surface area (Å²) in [5.74, 6) is 0.772. The van der Waals surface area contributed by atoms with Crippen molar-refractivity contribution >= 4 is 51.0 Å². The van der Waals surface area contributed by atoms with Crippen LogP contribution in [0.3, 0.4) is 0 Å². The van der Waals surface area contributed by atoms with Gasteiger partial charge in [-0.2, -0.15) is 4.98 Å². The van der Waals surface area contributed by atoms with E-state index in [1.165, 1.54) is 4.90 Å². The number of imide groups is 1. The molecule has 3 amide bonds. The van der Waals surface area contributed by atoms with Gasteiger partial charge >= 0.3 is 6.03 Å². The summed E-state index contributed by atoms with van der Waals surface area (Å²) in [5.41, 5.74) is 2.18. The normalized spacial score (nSPS) is 13.8. The number of carbonyl (C=O) groups is 2. The van der Waals surface area contributed by atoms with Crippen molar-refractivity contribution in [3.63, 3.8) is 0 Å². The standard InChI is InChI=1S/C19H19BrN8O2/c1-27-10-16(29)28(19(27)30)14-4-2-3-12(7-14)25-18-23-9-15(20)17(26-18)22-6-5-13-8-21-11-24-13/h2-4,7-9,11H,5-6,10H2,1H3,(H,21,24)(H2,22,23,25,26). The maximum atomic E-state index is 12.2. The summed E-state index contributed by atoms with van der Waals surface area (Å²) in [6, 6.07) is 6.66. The van der Waals surface area contributed by atoms with Crippen molar-refractivity contribution in [3.05, 3.63) is 53.2 Å². The molecule has 11 heteroatoms. The molecule has 2 aromatic heterocycles. The number of benzene rings is 1. The fourth-order valence-corrected chi connectivity index (χ4v) is 3.34. The largest absolute Gasteiger partial charge is 0.369 e. The smallest absolute Gasteiger partial charge is 0.331 e. The Morgan fingerprint density at radius 1 is 1.27 bits per heavy atom. The quantitative estimate of drug-likeness (QED) is 0.454. The van der Waals surface area contributed by atoms with Crippen molar-refractivity contribution in [2.24, 2.45) is 0 Å². The fraction of sp³-hybridized carbons (Fsp3) is 0.211. The molecule has 1 saturated heterocycles. The van der Waals surface area contributed by atoms with Gasteiger partial charge in [-0.25, -0.2) is 19.7 Å². The monoisotopic (exact) mass is 470 g/mol. The number of urea groups is 1. The van der Waals surface area contributed by atoms with Gasteiger partial charge in [0.15, 0.2) is 0 Å². The number of imidazole rings is 1. The van der Waals surface area contributed by atoms with Crippen LogP contribution >= 0.6 is 15.9 Å². The van der Waals surface area contributed by atoms with Gasteiger partial charge in [0.2, 0.25) is 5.95 Å². The Morgan fingerprint density at radius 2 is 2.13 bits per heavy atom. The van der Waals surface area contributed by atoms with Crippen molar-refractivity contribution in [2.45, 2.75) is 6.42 Å². The van der Waals surface area contributed by atoms with Crippen LogP contribution in [-0.4, -0.2) is 56.9 Å². The number of hydrogen-bond acceptors (Lipinski definition) is 7. The van der Waals surface area contributed by atoms with Crippen LogP contribution in [-0.2, 0) is 11.2 Å². The number of aromatic amines is 1. The molecule has 0 radical (unpaired) electrons. The molecule has 0 spiro atoms. The third-order valence-corrected chi connectivity index (χ3v) is 5.07. The summed E-state index contributed by atoms with van der Waals surface area (Å²) < 4.78 is 0.739. The highest BCUT2D eigenvalue weighted by Gasteiger charge is 2.34. The first-order valence-electron chi connectivity index (χ1n) is 9.20. The van der Waals surface area contributed by atoms with Crippen molar-refractivity contribution in [3.8, 4) is 0 Å². The third kappa shape index (κ3) is 4.25. The van der Waals surface area contributed by atoms with Gasteiger partial charge in [0.25, 0.3) is 5.91 Å². The number of aromatic nitrogens is 4. The molecule has 0 atom stereocenters. The first kappa shape index (κ1) is 19.8. The molecule has 30 heavy (non-hydrogen) atoms. The molecule has 3 heterocycles. The molecule has 0 bridgehead atoms. The van der Waals surface area contributed by atoms with Crippen LogP contribution < -0.4 is 15.5 Å². The number of hydrogen-bond donors (Lipinski definition) is 3. The Bertz CT molecular complexity index is 1070. The predicted octanol–water partition coefficient (Wildman–Crippen LogP) is 2.76. The molecule has 0 aliphatic carbocycles. The zero-order valence-electron chi connectivity index (χ0n) is 16.1. The minimum absolute atomic E-state index is 0.0693. The Kier molecular flexibility index (Phi) is 5.61. The van der Waals surface area contributed by atoms with Crippen molar-refractivity contribution in [2.75, 3.05) is 35.7 Å². The molecule has 0 saturated carbocycles. The number of H-pyrrole nitrogens is 1. The second kappa shape index (κ2) is 8.49. The van der Waals surface area contributed by atoms with Gasteiger partial charge in [-0.1, -0.05) is 6.07 Å². The number of halogens is 1. The first-order chi connectivity index (χ1) is 14.5. The Labute approximate surface area is 180 Å². The van der Waals surface area contributed by atoms with E-state index < -0.39 is 0 Å². The summed E-state index contributed by atoms with van der Waals surface area (Å²) in [4.78, 5) is 42.7. The number of carbonyl (C=O) groups excluding carboxylic acids is 2. The van der Waals surface area contributed by atoms with Crippen LogP contribution in [0.2, 0.25) is 0 Å². The predicted molar refractivity (Wildman–Crippen MR) is 116 cm³/mol. The molecule has 1 aromatic carbocycles. The maximum absolute atomic E-state index is 12.2. The molecule has 1 aliphatic heterocycles. The molecule has 4 rings (SSSR count). The van der Waals surface area contributed by atoms with E-state index in [4.69, 9.17) is 0 Å². The van der Waals surface area contributed by atoms with E-state index in [1.807, 2.05) is 6.07 Å². The van der Waals surface area contributed by atoms with E-state index >= 15 is 0 Å². The highest BCUT2D eigenvalue weighted by atomic mass is 79.9. The molecule has 10 nitrogen and oxygen atoms in total. The number of anilines is 4. The topological polar surface area (TPSA) is 119 Å². The van der Waals surface area contributed by atoms with Crippen LogP contribution in [0.25, 0.3) is 0 Å². The van der Waals surface area contributed by atoms with Gasteiger partial charge in [-0.3, -0.25) is 4.79 Å². The number of nitrogens with one attached hydrogen (secondary N) is 3. The van der Waals surface area contributed by atoms with Crippen LogP contribution in [0.4, 0.5) is 27.9 Å².